The van der Waals surface area contributed by atoms with Crippen molar-refractivity contribution in [3.8, 4) is 0 Å². The van der Waals surface area contributed by atoms with Gasteiger partial charge in [0.05, 0.1) is 0 Å². The predicted molar refractivity (Wildman–Crippen MR) is 58.2 cm³/mol. The van der Waals surface area contributed by atoms with Crippen molar-refractivity contribution >= 4 is 12.0 Å². The lowest BCUT2D eigenvalue weighted by molar-refractivity contribution is -0.0220. The quantitative estimate of drug-likeness (QED) is 0.721. The number of carbonyl (C=O) groups excluding carboxylic acids is 1. The number of piperidine rings is 1. The molecular weight excluding hydrogens is 212 g/mol. The first kappa shape index (κ1) is 11.0. The molecule has 1 aliphatic heterocycles. The minimum atomic E-state index is -2.55. The Kier molecular flexibility index (Phi) is 2.90. The highest BCUT2D eigenvalue weighted by Crippen LogP contribution is 2.31. The van der Waals surface area contributed by atoms with Crippen LogP contribution in [0.2, 0.25) is 0 Å². The van der Waals surface area contributed by atoms with Crippen LogP contribution in [0, 0.1) is 0 Å². The predicted octanol–water partition coefficient (Wildman–Crippen LogP) is 2.73. The van der Waals surface area contributed by atoms with Crippen molar-refractivity contribution in [3.05, 3.63) is 29.8 Å². The Labute approximate surface area is 92.9 Å². The summed E-state index contributed by atoms with van der Waals surface area (Å²) < 4.78 is 26.0. The number of para-hydroxylation sites is 1. The molecule has 1 saturated heterocycles. The van der Waals surface area contributed by atoms with E-state index in [-0.39, 0.29) is 12.8 Å². The molecular formula is C12H13F2NO. The number of aldehydes is 1. The van der Waals surface area contributed by atoms with E-state index in [1.807, 2.05) is 11.0 Å². The van der Waals surface area contributed by atoms with Crippen LogP contribution in [0.4, 0.5) is 14.5 Å². The van der Waals surface area contributed by atoms with Crippen molar-refractivity contribution in [2.24, 2.45) is 0 Å². The first-order valence-electron chi connectivity index (χ1n) is 5.29. The van der Waals surface area contributed by atoms with Gasteiger partial charge >= 0.3 is 0 Å². The molecule has 86 valence electrons. The highest BCUT2D eigenvalue weighted by atomic mass is 19.3. The molecule has 1 aliphatic rings. The van der Waals surface area contributed by atoms with Gasteiger partial charge in [0.15, 0.2) is 6.29 Å². The highest BCUT2D eigenvalue weighted by molar-refractivity contribution is 5.84. The molecule has 0 atom stereocenters. The molecule has 0 radical (unpaired) electrons. The second-order valence-electron chi connectivity index (χ2n) is 4.02. The zero-order chi connectivity index (χ0) is 11.6. The molecule has 0 unspecified atom stereocenters. The summed E-state index contributed by atoms with van der Waals surface area (Å²) in [6.45, 7) is 0.607. The smallest absolute Gasteiger partial charge is 0.251 e. The molecule has 16 heavy (non-hydrogen) atoms. The molecule has 1 heterocycles. The molecule has 0 spiro atoms. The van der Waals surface area contributed by atoms with E-state index in [9.17, 15) is 13.6 Å². The van der Waals surface area contributed by atoms with E-state index in [2.05, 4.69) is 0 Å². The van der Waals surface area contributed by atoms with Crippen molar-refractivity contribution in [1.29, 1.82) is 0 Å². The van der Waals surface area contributed by atoms with Crippen LogP contribution in [0.3, 0.4) is 0 Å². The van der Waals surface area contributed by atoms with E-state index in [0.717, 1.165) is 12.0 Å². The van der Waals surface area contributed by atoms with Crippen LogP contribution in [-0.4, -0.2) is 25.3 Å². The zero-order valence-corrected chi connectivity index (χ0v) is 8.83. The lowest BCUT2D eigenvalue weighted by Crippen LogP contribution is -2.39. The number of hydrogen-bond acceptors (Lipinski definition) is 2. The van der Waals surface area contributed by atoms with Crippen molar-refractivity contribution in [2.75, 3.05) is 18.0 Å². The fourth-order valence-electron chi connectivity index (χ4n) is 1.95. The van der Waals surface area contributed by atoms with Gasteiger partial charge in [-0.3, -0.25) is 4.79 Å². The molecule has 1 aromatic rings. The maximum Gasteiger partial charge on any atom is 0.251 e. The number of nitrogens with zero attached hydrogens (tertiary/aromatic N) is 1. The number of alkyl halides is 2. The summed E-state index contributed by atoms with van der Waals surface area (Å²) in [5.41, 5.74) is 1.32. The molecule has 0 N–H and O–H groups in total. The molecule has 2 nitrogen and oxygen atoms in total. The highest BCUT2D eigenvalue weighted by Gasteiger charge is 2.34. The Hall–Kier alpha value is -1.45. The number of anilines is 1. The molecule has 0 amide bonds. The monoisotopic (exact) mass is 225 g/mol. The third-order valence-electron chi connectivity index (χ3n) is 2.90. The van der Waals surface area contributed by atoms with Crippen molar-refractivity contribution in [3.63, 3.8) is 0 Å². The van der Waals surface area contributed by atoms with Crippen LogP contribution in [0.5, 0.6) is 0 Å². The molecule has 4 heteroatoms. The van der Waals surface area contributed by atoms with Crippen LogP contribution in [0.15, 0.2) is 24.3 Å². The van der Waals surface area contributed by atoms with Crippen molar-refractivity contribution in [2.45, 2.75) is 18.8 Å². The van der Waals surface area contributed by atoms with Crippen LogP contribution < -0.4 is 4.90 Å². The van der Waals surface area contributed by atoms with E-state index in [1.165, 1.54) is 0 Å². The summed E-state index contributed by atoms with van der Waals surface area (Å²) in [5, 5.41) is 0. The Morgan fingerprint density at radius 3 is 2.44 bits per heavy atom. The van der Waals surface area contributed by atoms with E-state index in [1.54, 1.807) is 18.2 Å². The minimum Gasteiger partial charge on any atom is -0.371 e. The largest absolute Gasteiger partial charge is 0.371 e. The summed E-state index contributed by atoms with van der Waals surface area (Å²) in [5.74, 6) is -2.55. The standard InChI is InChI=1S/C12H13F2NO/c13-12(14)5-7-15(8-6-12)11-4-2-1-3-10(11)9-16/h1-4,9H,5-8H2. The molecule has 0 aromatic heterocycles. The Morgan fingerprint density at radius 2 is 1.81 bits per heavy atom. The number of rotatable bonds is 2. The van der Waals surface area contributed by atoms with Gasteiger partial charge in [0, 0.05) is 37.2 Å². The van der Waals surface area contributed by atoms with Gasteiger partial charge in [0.25, 0.3) is 5.92 Å². The third kappa shape index (κ3) is 2.21. The zero-order valence-electron chi connectivity index (χ0n) is 8.83. The number of hydrogen-bond donors (Lipinski definition) is 0. The molecule has 0 bridgehead atoms. The topological polar surface area (TPSA) is 20.3 Å². The number of halogens is 2. The van der Waals surface area contributed by atoms with Gasteiger partial charge in [-0.1, -0.05) is 12.1 Å². The van der Waals surface area contributed by atoms with Crippen molar-refractivity contribution < 1.29 is 13.6 Å². The van der Waals surface area contributed by atoms with Crippen LogP contribution in [0.1, 0.15) is 23.2 Å². The SMILES string of the molecule is O=Cc1ccccc1N1CCC(F)(F)CC1. The molecule has 0 aliphatic carbocycles. The summed E-state index contributed by atoms with van der Waals surface area (Å²) in [6, 6.07) is 7.09. The van der Waals surface area contributed by atoms with Crippen LogP contribution >= 0.6 is 0 Å². The molecule has 0 saturated carbocycles. The second kappa shape index (κ2) is 4.20. The Morgan fingerprint density at radius 1 is 1.19 bits per heavy atom. The summed E-state index contributed by atoms with van der Waals surface area (Å²) in [7, 11) is 0. The first-order valence-corrected chi connectivity index (χ1v) is 5.29. The maximum absolute atomic E-state index is 13.0. The Balaban J connectivity index is 2.17. The van der Waals surface area contributed by atoms with Gasteiger partial charge in [0.2, 0.25) is 0 Å². The average molecular weight is 225 g/mol. The fourth-order valence-corrected chi connectivity index (χ4v) is 1.95. The van der Waals surface area contributed by atoms with Gasteiger partial charge < -0.3 is 4.90 Å². The lowest BCUT2D eigenvalue weighted by atomic mass is 10.0. The maximum atomic E-state index is 13.0. The Bertz CT molecular complexity index is 382. The van der Waals surface area contributed by atoms with E-state index < -0.39 is 5.92 Å². The third-order valence-corrected chi connectivity index (χ3v) is 2.90. The van der Waals surface area contributed by atoms with Gasteiger partial charge in [-0.2, -0.15) is 0 Å². The van der Waals surface area contributed by atoms with Crippen molar-refractivity contribution in [1.82, 2.24) is 0 Å². The normalized spacial score (nSPS) is 19.5. The number of benzene rings is 1. The van der Waals surface area contributed by atoms with Gasteiger partial charge in [0.1, 0.15) is 0 Å². The summed E-state index contributed by atoms with van der Waals surface area (Å²) >= 11 is 0. The second-order valence-corrected chi connectivity index (χ2v) is 4.02. The lowest BCUT2D eigenvalue weighted by Gasteiger charge is -2.33. The van der Waals surface area contributed by atoms with Gasteiger partial charge in [-0.05, 0) is 12.1 Å². The summed E-state index contributed by atoms with van der Waals surface area (Å²) in [4.78, 5) is 12.7. The van der Waals surface area contributed by atoms with Gasteiger partial charge in [-0.15, -0.1) is 0 Å². The number of carbonyl (C=O) groups is 1. The first-order chi connectivity index (χ1) is 7.62. The molecule has 2 rings (SSSR count). The van der Waals surface area contributed by atoms with Crippen LogP contribution in [-0.2, 0) is 0 Å². The fraction of sp³-hybridized carbons (Fsp3) is 0.417. The van der Waals surface area contributed by atoms with E-state index in [0.29, 0.717) is 18.7 Å². The molecule has 1 fully saturated rings. The van der Waals surface area contributed by atoms with E-state index in [4.69, 9.17) is 0 Å². The van der Waals surface area contributed by atoms with E-state index >= 15 is 0 Å². The minimum absolute atomic E-state index is 0.139. The average Bonchev–Trinajstić information content (AvgIpc) is 2.29. The summed E-state index contributed by atoms with van der Waals surface area (Å²) in [6.07, 6.45) is 0.489. The van der Waals surface area contributed by atoms with Crippen LogP contribution in [0.25, 0.3) is 0 Å². The van der Waals surface area contributed by atoms with Gasteiger partial charge in [-0.25, -0.2) is 8.78 Å². The molecule has 1 aromatic carbocycles.